The van der Waals surface area contributed by atoms with Crippen LogP contribution in [0.2, 0.25) is 0 Å². The van der Waals surface area contributed by atoms with Gasteiger partial charge in [-0.25, -0.2) is 0 Å². The molecule has 2 aromatic rings. The lowest BCUT2D eigenvalue weighted by Crippen LogP contribution is -2.08. The van der Waals surface area contributed by atoms with Crippen molar-refractivity contribution in [1.29, 1.82) is 0 Å². The van der Waals surface area contributed by atoms with Gasteiger partial charge in [-0.05, 0) is 48.8 Å². The molecule has 4 rings (SSSR count). The van der Waals surface area contributed by atoms with E-state index in [2.05, 4.69) is 33.2 Å². The summed E-state index contributed by atoms with van der Waals surface area (Å²) in [6.45, 7) is 0. The normalized spacial score (nSPS) is 28.1. The first kappa shape index (κ1) is 12.5. The summed E-state index contributed by atoms with van der Waals surface area (Å²) in [5.41, 5.74) is 8.17. The highest BCUT2D eigenvalue weighted by Crippen LogP contribution is 2.55. The maximum atomic E-state index is 6.07. The van der Waals surface area contributed by atoms with E-state index in [9.17, 15) is 0 Å². The summed E-state index contributed by atoms with van der Waals surface area (Å²) < 4.78 is 6.69. The minimum Gasteiger partial charge on any atom is -0.380 e. The fourth-order valence-corrected chi connectivity index (χ4v) is 4.47. The first-order valence-electron chi connectivity index (χ1n) is 7.23. The van der Waals surface area contributed by atoms with Gasteiger partial charge in [-0.3, -0.25) is 0 Å². The Bertz CT molecular complexity index is 652. The molecule has 0 aliphatic heterocycles. The molecule has 0 radical (unpaired) electrons. The molecule has 2 aliphatic carbocycles. The Morgan fingerprint density at radius 1 is 1.25 bits per heavy atom. The van der Waals surface area contributed by atoms with Crippen molar-refractivity contribution < 1.29 is 4.52 Å². The van der Waals surface area contributed by atoms with E-state index in [-0.39, 0.29) is 0 Å². The molecule has 0 amide bonds. The summed E-state index contributed by atoms with van der Waals surface area (Å²) in [7, 11) is 0. The molecule has 1 aromatic carbocycles. The zero-order chi connectivity index (χ0) is 13.7. The molecule has 2 saturated carbocycles. The minimum atomic E-state index is 0.507. The van der Waals surface area contributed by atoms with Crippen molar-refractivity contribution in [3.8, 4) is 11.1 Å². The summed E-state index contributed by atoms with van der Waals surface area (Å²) in [4.78, 5) is 0. The number of hydrogen-bond acceptors (Lipinski definition) is 3. The molecule has 104 valence electrons. The predicted octanol–water partition coefficient (Wildman–Crippen LogP) is 4.59. The molecule has 1 heterocycles. The van der Waals surface area contributed by atoms with E-state index in [4.69, 9.17) is 10.3 Å². The van der Waals surface area contributed by atoms with E-state index in [1.807, 2.05) is 12.1 Å². The Morgan fingerprint density at radius 2 is 2.15 bits per heavy atom. The molecule has 3 unspecified atom stereocenters. The van der Waals surface area contributed by atoms with Gasteiger partial charge in [-0.15, -0.1) is 0 Å². The maximum Gasteiger partial charge on any atom is 0.175 e. The standard InChI is InChI=1S/C16H17BrN2O/c17-12-3-1-2-11(8-12)14-15(20-19-16(14)18)13-7-9-4-5-10(13)6-9/h1-3,8-10,13H,4-7H2,(H2,18,19). The fraction of sp³-hybridized carbons (Fsp3) is 0.438. The SMILES string of the molecule is Nc1noc(C2CC3CCC2C3)c1-c1cccc(Br)c1. The van der Waals surface area contributed by atoms with Crippen molar-refractivity contribution in [2.75, 3.05) is 5.73 Å². The summed E-state index contributed by atoms with van der Waals surface area (Å²) in [6, 6.07) is 8.20. The third-order valence-corrected chi connectivity index (χ3v) is 5.43. The van der Waals surface area contributed by atoms with E-state index in [1.54, 1.807) is 0 Å². The molecule has 3 nitrogen and oxygen atoms in total. The zero-order valence-electron chi connectivity index (χ0n) is 11.2. The van der Waals surface area contributed by atoms with Crippen LogP contribution >= 0.6 is 15.9 Å². The van der Waals surface area contributed by atoms with Crippen LogP contribution in [0.3, 0.4) is 0 Å². The Morgan fingerprint density at radius 3 is 2.85 bits per heavy atom. The van der Waals surface area contributed by atoms with Crippen molar-refractivity contribution in [2.24, 2.45) is 11.8 Å². The average Bonchev–Trinajstić information content (AvgIpc) is 3.12. The predicted molar refractivity (Wildman–Crippen MR) is 82.2 cm³/mol. The zero-order valence-corrected chi connectivity index (χ0v) is 12.8. The van der Waals surface area contributed by atoms with E-state index >= 15 is 0 Å². The van der Waals surface area contributed by atoms with Gasteiger partial charge in [0, 0.05) is 10.4 Å². The van der Waals surface area contributed by atoms with Crippen molar-refractivity contribution >= 4 is 21.7 Å². The van der Waals surface area contributed by atoms with Gasteiger partial charge in [0.25, 0.3) is 0 Å². The maximum absolute atomic E-state index is 6.07. The lowest BCUT2D eigenvalue weighted by Gasteiger charge is -2.20. The molecular weight excluding hydrogens is 316 g/mol. The van der Waals surface area contributed by atoms with Gasteiger partial charge >= 0.3 is 0 Å². The number of halogens is 1. The van der Waals surface area contributed by atoms with Crippen LogP contribution in [0.4, 0.5) is 5.82 Å². The van der Waals surface area contributed by atoms with Crippen molar-refractivity contribution in [1.82, 2.24) is 5.16 Å². The number of benzene rings is 1. The van der Waals surface area contributed by atoms with Gasteiger partial charge in [0.15, 0.2) is 5.82 Å². The first-order chi connectivity index (χ1) is 9.72. The number of rotatable bonds is 2. The van der Waals surface area contributed by atoms with Gasteiger partial charge in [-0.1, -0.05) is 39.6 Å². The number of nitrogens with two attached hydrogens (primary N) is 1. The van der Waals surface area contributed by atoms with E-state index in [1.165, 1.54) is 25.7 Å². The van der Waals surface area contributed by atoms with Crippen LogP contribution in [0.15, 0.2) is 33.3 Å². The monoisotopic (exact) mass is 332 g/mol. The second kappa shape index (κ2) is 4.62. The number of nitrogens with zero attached hydrogens (tertiary/aromatic N) is 1. The van der Waals surface area contributed by atoms with Crippen LogP contribution < -0.4 is 5.73 Å². The topological polar surface area (TPSA) is 52.0 Å². The first-order valence-corrected chi connectivity index (χ1v) is 8.02. The van der Waals surface area contributed by atoms with E-state index in [0.29, 0.717) is 11.7 Å². The van der Waals surface area contributed by atoms with Crippen molar-refractivity contribution in [2.45, 2.75) is 31.6 Å². The summed E-state index contributed by atoms with van der Waals surface area (Å²) >= 11 is 3.52. The van der Waals surface area contributed by atoms with Crippen LogP contribution in [0, 0.1) is 11.8 Å². The van der Waals surface area contributed by atoms with Crippen LogP contribution in [0.25, 0.3) is 11.1 Å². The molecule has 1 aromatic heterocycles. The lowest BCUT2D eigenvalue weighted by molar-refractivity contribution is 0.312. The van der Waals surface area contributed by atoms with Crippen LogP contribution in [0.1, 0.15) is 37.4 Å². The summed E-state index contributed by atoms with van der Waals surface area (Å²) in [5, 5.41) is 4.04. The van der Waals surface area contributed by atoms with Gasteiger partial charge in [0.05, 0.1) is 5.56 Å². The van der Waals surface area contributed by atoms with Gasteiger partial charge < -0.3 is 10.3 Å². The van der Waals surface area contributed by atoms with Crippen LogP contribution in [-0.2, 0) is 0 Å². The summed E-state index contributed by atoms with van der Waals surface area (Å²) in [5.74, 6) is 3.67. The second-order valence-corrected chi connectivity index (χ2v) is 7.01. The lowest BCUT2D eigenvalue weighted by atomic mass is 9.84. The molecule has 4 heteroatoms. The summed E-state index contributed by atoms with van der Waals surface area (Å²) in [6.07, 6.45) is 5.30. The van der Waals surface area contributed by atoms with Crippen molar-refractivity contribution in [3.05, 3.63) is 34.5 Å². The molecule has 0 spiro atoms. The highest BCUT2D eigenvalue weighted by atomic mass is 79.9. The quantitative estimate of drug-likeness (QED) is 0.874. The largest absolute Gasteiger partial charge is 0.380 e. The van der Waals surface area contributed by atoms with E-state index < -0.39 is 0 Å². The van der Waals surface area contributed by atoms with Gasteiger partial charge in [0.1, 0.15) is 5.76 Å². The Balaban J connectivity index is 1.78. The highest BCUT2D eigenvalue weighted by molar-refractivity contribution is 9.10. The minimum absolute atomic E-state index is 0.507. The molecule has 2 N–H and O–H groups in total. The number of nitrogen functional groups attached to an aromatic ring is 1. The average molecular weight is 333 g/mol. The molecule has 3 atom stereocenters. The number of hydrogen-bond donors (Lipinski definition) is 1. The molecule has 0 saturated heterocycles. The van der Waals surface area contributed by atoms with Gasteiger partial charge in [0.2, 0.25) is 0 Å². The Hall–Kier alpha value is -1.29. The number of aromatic nitrogens is 1. The Kier molecular flexibility index (Phi) is 2.88. The third-order valence-electron chi connectivity index (χ3n) is 4.93. The number of anilines is 1. The number of fused-ring (bicyclic) bond motifs is 2. The molecule has 2 bridgehead atoms. The highest BCUT2D eigenvalue weighted by Gasteiger charge is 2.43. The Labute approximate surface area is 126 Å². The smallest absolute Gasteiger partial charge is 0.175 e. The molecule has 20 heavy (non-hydrogen) atoms. The van der Waals surface area contributed by atoms with Crippen LogP contribution in [-0.4, -0.2) is 5.16 Å². The third kappa shape index (κ3) is 1.89. The fourth-order valence-electron chi connectivity index (χ4n) is 4.07. The van der Waals surface area contributed by atoms with Gasteiger partial charge in [-0.2, -0.15) is 0 Å². The van der Waals surface area contributed by atoms with E-state index in [0.717, 1.165) is 33.2 Å². The molecule has 2 aliphatic rings. The molecular formula is C16H17BrN2O. The second-order valence-electron chi connectivity index (χ2n) is 6.10. The molecule has 2 fully saturated rings. The van der Waals surface area contributed by atoms with Crippen LogP contribution in [0.5, 0.6) is 0 Å². The van der Waals surface area contributed by atoms with Crippen molar-refractivity contribution in [3.63, 3.8) is 0 Å².